The van der Waals surface area contributed by atoms with Gasteiger partial charge in [0.2, 0.25) is 0 Å². The summed E-state index contributed by atoms with van der Waals surface area (Å²) < 4.78 is 16.6. The minimum absolute atomic E-state index is 0.233. The average Bonchev–Trinajstić information content (AvgIpc) is 2.82. The molecule has 7 heteroatoms. The highest BCUT2D eigenvalue weighted by Crippen LogP contribution is 2.17. The van der Waals surface area contributed by atoms with E-state index in [0.29, 0.717) is 37.3 Å². The van der Waals surface area contributed by atoms with Crippen molar-refractivity contribution in [3.8, 4) is 17.5 Å². The van der Waals surface area contributed by atoms with Crippen molar-refractivity contribution in [2.75, 3.05) is 32.9 Å². The summed E-state index contributed by atoms with van der Waals surface area (Å²) in [7, 11) is 0. The zero-order valence-electron chi connectivity index (χ0n) is 17.5. The molecular formula is C24H29N3O4. The molecule has 31 heavy (non-hydrogen) atoms. The lowest BCUT2D eigenvalue weighted by molar-refractivity contribution is 0.106. The van der Waals surface area contributed by atoms with Gasteiger partial charge in [0.05, 0.1) is 0 Å². The van der Waals surface area contributed by atoms with Crippen LogP contribution in [0.2, 0.25) is 0 Å². The first kappa shape index (κ1) is 22.5. The van der Waals surface area contributed by atoms with Crippen molar-refractivity contribution in [2.45, 2.75) is 18.9 Å². The predicted octanol–water partition coefficient (Wildman–Crippen LogP) is 2.90. The van der Waals surface area contributed by atoms with Crippen LogP contribution in [0.1, 0.15) is 12.0 Å². The summed E-state index contributed by atoms with van der Waals surface area (Å²) in [5.41, 5.74) is 1.33. The maximum absolute atomic E-state index is 10.1. The second-order valence-corrected chi connectivity index (χ2v) is 6.96. The smallest absolute Gasteiger partial charge is 0.316 e. The van der Waals surface area contributed by atoms with Crippen LogP contribution in [0.4, 0.5) is 0 Å². The van der Waals surface area contributed by atoms with Gasteiger partial charge >= 0.3 is 6.01 Å². The molecule has 0 amide bonds. The van der Waals surface area contributed by atoms with Gasteiger partial charge in [0.1, 0.15) is 37.4 Å². The van der Waals surface area contributed by atoms with Gasteiger partial charge in [0.25, 0.3) is 0 Å². The second kappa shape index (κ2) is 13.2. The molecule has 7 nitrogen and oxygen atoms in total. The number of hydrogen-bond acceptors (Lipinski definition) is 7. The molecule has 3 rings (SSSR count). The fourth-order valence-corrected chi connectivity index (χ4v) is 2.87. The van der Waals surface area contributed by atoms with Crippen LogP contribution in [-0.2, 0) is 6.42 Å². The Morgan fingerprint density at radius 3 is 2.23 bits per heavy atom. The van der Waals surface area contributed by atoms with Crippen LogP contribution in [0.3, 0.4) is 0 Å². The number of nitrogens with one attached hydrogen (secondary N) is 1. The summed E-state index contributed by atoms with van der Waals surface area (Å²) in [6, 6.07) is 19.7. The maximum Gasteiger partial charge on any atom is 0.316 e. The van der Waals surface area contributed by atoms with E-state index in [1.807, 2.05) is 30.3 Å². The normalized spacial score (nSPS) is 11.6. The summed E-state index contributed by atoms with van der Waals surface area (Å²) in [4.78, 5) is 7.96. The lowest BCUT2D eigenvalue weighted by Crippen LogP contribution is -2.32. The number of aliphatic hydroxyl groups is 1. The minimum Gasteiger partial charge on any atom is -0.491 e. The molecule has 0 aliphatic rings. The van der Waals surface area contributed by atoms with E-state index in [-0.39, 0.29) is 6.61 Å². The second-order valence-electron chi connectivity index (χ2n) is 6.96. The Kier molecular flexibility index (Phi) is 9.59. The molecule has 1 aromatic heterocycles. The molecule has 0 aliphatic heterocycles. The van der Waals surface area contributed by atoms with Crippen LogP contribution in [0.15, 0.2) is 73.1 Å². The molecule has 0 saturated carbocycles. The van der Waals surface area contributed by atoms with Crippen LogP contribution in [0, 0.1) is 0 Å². The van der Waals surface area contributed by atoms with Crippen molar-refractivity contribution in [1.29, 1.82) is 0 Å². The van der Waals surface area contributed by atoms with Crippen LogP contribution >= 0.6 is 0 Å². The van der Waals surface area contributed by atoms with E-state index in [4.69, 9.17) is 14.2 Å². The summed E-state index contributed by atoms with van der Waals surface area (Å²) in [5, 5.41) is 13.4. The van der Waals surface area contributed by atoms with E-state index < -0.39 is 6.10 Å². The van der Waals surface area contributed by atoms with Gasteiger partial charge in [0, 0.05) is 18.9 Å². The predicted molar refractivity (Wildman–Crippen MR) is 119 cm³/mol. The molecule has 0 bridgehead atoms. The zero-order chi connectivity index (χ0) is 21.6. The molecule has 0 radical (unpaired) electrons. The van der Waals surface area contributed by atoms with Gasteiger partial charge in [-0.2, -0.15) is 0 Å². The number of ether oxygens (including phenoxy) is 3. The van der Waals surface area contributed by atoms with Crippen molar-refractivity contribution < 1.29 is 19.3 Å². The molecule has 2 aromatic carbocycles. The Bertz CT molecular complexity index is 848. The Labute approximate surface area is 183 Å². The van der Waals surface area contributed by atoms with E-state index in [1.165, 1.54) is 5.56 Å². The Hall–Kier alpha value is -3.16. The highest BCUT2D eigenvalue weighted by molar-refractivity contribution is 5.31. The highest BCUT2D eigenvalue weighted by atomic mass is 16.5. The summed E-state index contributed by atoms with van der Waals surface area (Å²) in [6.45, 7) is 2.33. The zero-order valence-corrected chi connectivity index (χ0v) is 17.5. The number of aromatic nitrogens is 2. The van der Waals surface area contributed by atoms with Gasteiger partial charge in [-0.05, 0) is 55.3 Å². The Morgan fingerprint density at radius 2 is 1.48 bits per heavy atom. The van der Waals surface area contributed by atoms with Crippen LogP contribution in [-0.4, -0.2) is 54.1 Å². The third kappa shape index (κ3) is 9.02. The van der Waals surface area contributed by atoms with Crippen molar-refractivity contribution in [2.24, 2.45) is 0 Å². The number of hydrogen-bond donors (Lipinski definition) is 2. The number of benzene rings is 2. The summed E-state index contributed by atoms with van der Waals surface area (Å²) in [6.07, 6.45) is 4.75. The third-order valence-electron chi connectivity index (χ3n) is 4.43. The quantitative estimate of drug-likeness (QED) is 0.386. The van der Waals surface area contributed by atoms with Crippen molar-refractivity contribution in [3.05, 3.63) is 78.6 Å². The monoisotopic (exact) mass is 423 g/mol. The number of aryl methyl sites for hydroxylation is 1. The number of nitrogens with zero attached hydrogens (tertiary/aromatic N) is 2. The van der Waals surface area contributed by atoms with Crippen LogP contribution in [0.25, 0.3) is 0 Å². The molecule has 0 saturated heterocycles. The molecule has 1 atom stereocenters. The van der Waals surface area contributed by atoms with Crippen molar-refractivity contribution in [1.82, 2.24) is 15.3 Å². The molecule has 1 heterocycles. The summed E-state index contributed by atoms with van der Waals surface area (Å²) in [5.74, 6) is 1.40. The van der Waals surface area contributed by atoms with Gasteiger partial charge in [0.15, 0.2) is 0 Å². The van der Waals surface area contributed by atoms with Crippen molar-refractivity contribution in [3.63, 3.8) is 0 Å². The molecule has 0 aliphatic carbocycles. The van der Waals surface area contributed by atoms with Crippen LogP contribution < -0.4 is 19.5 Å². The first-order valence-electron chi connectivity index (χ1n) is 10.5. The number of rotatable bonds is 14. The Balaban J connectivity index is 1.23. The SMILES string of the molecule is OC(CNCCCc1ccccc1)COc1ccc(OCCOc2ncccn2)cc1. The lowest BCUT2D eigenvalue weighted by atomic mass is 10.1. The molecule has 3 aromatic rings. The number of aliphatic hydroxyl groups excluding tert-OH is 1. The van der Waals surface area contributed by atoms with Gasteiger partial charge in [-0.3, -0.25) is 0 Å². The fraction of sp³-hybridized carbons (Fsp3) is 0.333. The molecule has 1 unspecified atom stereocenters. The van der Waals surface area contributed by atoms with Crippen LogP contribution in [0.5, 0.6) is 17.5 Å². The molecule has 0 spiro atoms. The van der Waals surface area contributed by atoms with Gasteiger partial charge in [-0.25, -0.2) is 9.97 Å². The minimum atomic E-state index is -0.565. The standard InChI is InChI=1S/C24H29N3O4/c28-21(18-25-13-4-8-20-6-2-1-3-7-20)19-31-23-11-9-22(10-12-23)29-16-17-30-24-26-14-5-15-27-24/h1-3,5-7,9-12,14-15,21,25,28H,4,8,13,16-19H2. The largest absolute Gasteiger partial charge is 0.491 e. The van der Waals surface area contributed by atoms with E-state index in [2.05, 4.69) is 39.6 Å². The Morgan fingerprint density at radius 1 is 0.806 bits per heavy atom. The topological polar surface area (TPSA) is 85.7 Å². The molecule has 164 valence electrons. The van der Waals surface area contributed by atoms with E-state index in [9.17, 15) is 5.11 Å². The average molecular weight is 424 g/mol. The molecule has 2 N–H and O–H groups in total. The third-order valence-corrected chi connectivity index (χ3v) is 4.43. The highest BCUT2D eigenvalue weighted by Gasteiger charge is 2.05. The van der Waals surface area contributed by atoms with Gasteiger partial charge in [-0.15, -0.1) is 0 Å². The van der Waals surface area contributed by atoms with E-state index >= 15 is 0 Å². The van der Waals surface area contributed by atoms with E-state index in [1.54, 1.807) is 18.5 Å². The summed E-state index contributed by atoms with van der Waals surface area (Å²) >= 11 is 0. The fourth-order valence-electron chi connectivity index (χ4n) is 2.87. The first-order valence-corrected chi connectivity index (χ1v) is 10.5. The maximum atomic E-state index is 10.1. The molecule has 0 fully saturated rings. The van der Waals surface area contributed by atoms with E-state index in [0.717, 1.165) is 19.4 Å². The van der Waals surface area contributed by atoms with Gasteiger partial charge in [-0.1, -0.05) is 30.3 Å². The molecular weight excluding hydrogens is 394 g/mol. The van der Waals surface area contributed by atoms with Gasteiger partial charge < -0.3 is 24.6 Å². The van der Waals surface area contributed by atoms with Crippen molar-refractivity contribution >= 4 is 0 Å². The first-order chi connectivity index (χ1) is 15.3. The lowest BCUT2D eigenvalue weighted by Gasteiger charge is -2.14.